The van der Waals surface area contributed by atoms with E-state index in [1.54, 1.807) is 12.1 Å². The van der Waals surface area contributed by atoms with Crippen molar-refractivity contribution >= 4 is 32.4 Å². The number of nitrogens with one attached hydrogen (secondary N) is 2. The summed E-state index contributed by atoms with van der Waals surface area (Å²) in [6.45, 7) is 4.99. The lowest BCUT2D eigenvalue weighted by Crippen LogP contribution is -2.36. The van der Waals surface area contributed by atoms with E-state index < -0.39 is 6.17 Å². The number of carbonyl (C=O) groups excluding carboxylic acids is 1. The Labute approximate surface area is 223 Å². The van der Waals surface area contributed by atoms with Crippen molar-refractivity contribution in [3.8, 4) is 11.3 Å². The molecule has 2 aromatic heterocycles. The van der Waals surface area contributed by atoms with Gasteiger partial charge < -0.3 is 20.3 Å². The number of hydrogen-bond donors (Lipinski definition) is 2. The highest BCUT2D eigenvalue weighted by atomic mass is 32.1. The largest absolute Gasteiger partial charge is 0.378 e. The van der Waals surface area contributed by atoms with Gasteiger partial charge in [0.1, 0.15) is 12.0 Å². The van der Waals surface area contributed by atoms with E-state index in [-0.39, 0.29) is 17.8 Å². The molecule has 2 aliphatic heterocycles. The number of morpholine rings is 1. The number of alkyl halides is 1. The van der Waals surface area contributed by atoms with Crippen LogP contribution in [-0.2, 0) is 4.74 Å². The molecule has 0 radical (unpaired) electrons. The third-order valence-corrected chi connectivity index (χ3v) is 8.42. The van der Waals surface area contributed by atoms with Gasteiger partial charge in [0.2, 0.25) is 0 Å². The zero-order valence-electron chi connectivity index (χ0n) is 21.1. The van der Waals surface area contributed by atoms with Crippen molar-refractivity contribution in [3.05, 3.63) is 59.5 Å². The maximum atomic E-state index is 15.1. The second kappa shape index (κ2) is 11.1. The molecule has 38 heavy (non-hydrogen) atoms. The first kappa shape index (κ1) is 25.4. The van der Waals surface area contributed by atoms with Crippen molar-refractivity contribution in [1.29, 1.82) is 0 Å². The number of hydrogen-bond acceptors (Lipinski definition) is 6. The summed E-state index contributed by atoms with van der Waals surface area (Å²) in [5.41, 5.74) is 3.43. The first-order valence-corrected chi connectivity index (χ1v) is 14.0. The maximum Gasteiger partial charge on any atom is 0.251 e. The van der Waals surface area contributed by atoms with Crippen LogP contribution in [0.1, 0.15) is 41.2 Å². The van der Waals surface area contributed by atoms with Gasteiger partial charge in [0.25, 0.3) is 5.91 Å². The van der Waals surface area contributed by atoms with E-state index in [1.807, 2.05) is 34.9 Å². The topological polar surface area (TPSA) is 70.9 Å². The summed E-state index contributed by atoms with van der Waals surface area (Å²) in [7, 11) is 0. The van der Waals surface area contributed by atoms with Crippen molar-refractivity contribution < 1.29 is 18.3 Å². The average Bonchev–Trinajstić information content (AvgIpc) is 3.50. The van der Waals surface area contributed by atoms with Crippen molar-refractivity contribution in [2.24, 2.45) is 0 Å². The summed E-state index contributed by atoms with van der Waals surface area (Å²) >= 11 is 1.47. The standard InChI is InChI=1S/C28H31F2N5O2S/c29-20-6-11-34(12-7-20)10-1-8-32-27(36)19-3-5-25-26(15-19)38-28-33-23(16-35(25)28)21-4-2-18(14-22(21)30)24-17-37-13-9-31-24/h2-5,14-16,20,24,31H,1,6-13,17H2,(H,32,36). The third kappa shape index (κ3) is 5.31. The van der Waals surface area contributed by atoms with Crippen LogP contribution >= 0.6 is 11.3 Å². The fourth-order valence-electron chi connectivity index (χ4n) is 5.24. The van der Waals surface area contributed by atoms with Gasteiger partial charge in [0.15, 0.2) is 4.96 Å². The molecule has 2 fully saturated rings. The Morgan fingerprint density at radius 2 is 2.08 bits per heavy atom. The van der Waals surface area contributed by atoms with Crippen LogP contribution in [-0.4, -0.2) is 72.3 Å². The highest BCUT2D eigenvalue weighted by molar-refractivity contribution is 7.23. The van der Waals surface area contributed by atoms with E-state index in [0.29, 0.717) is 49.4 Å². The Morgan fingerprint density at radius 3 is 2.87 bits per heavy atom. The number of ether oxygens (including phenoxy) is 1. The third-order valence-electron chi connectivity index (χ3n) is 7.40. The number of benzene rings is 2. The lowest BCUT2D eigenvalue weighted by molar-refractivity contribution is 0.0768. The predicted molar refractivity (Wildman–Crippen MR) is 145 cm³/mol. The first-order chi connectivity index (χ1) is 18.5. The number of thiazole rings is 1. The van der Waals surface area contributed by atoms with Gasteiger partial charge >= 0.3 is 0 Å². The zero-order valence-corrected chi connectivity index (χ0v) is 21.9. The lowest BCUT2D eigenvalue weighted by atomic mass is 10.0. The van der Waals surface area contributed by atoms with Crippen LogP contribution in [0.25, 0.3) is 26.4 Å². The minimum absolute atomic E-state index is 0.00618. The zero-order chi connectivity index (χ0) is 26.1. The molecule has 7 nitrogen and oxygen atoms in total. The highest BCUT2D eigenvalue weighted by Gasteiger charge is 2.20. The molecule has 1 unspecified atom stereocenters. The predicted octanol–water partition coefficient (Wildman–Crippen LogP) is 4.57. The Bertz CT molecular complexity index is 1440. The lowest BCUT2D eigenvalue weighted by Gasteiger charge is -2.28. The molecule has 10 heteroatoms. The van der Waals surface area contributed by atoms with Gasteiger partial charge in [-0.05, 0) is 61.7 Å². The fraction of sp³-hybridized carbons (Fsp3) is 0.429. The Hall–Kier alpha value is -2.92. The van der Waals surface area contributed by atoms with E-state index in [2.05, 4.69) is 20.5 Å². The molecule has 200 valence electrons. The molecule has 0 spiro atoms. The number of rotatable bonds is 7. The minimum atomic E-state index is -0.667. The molecule has 0 saturated carbocycles. The van der Waals surface area contributed by atoms with Gasteiger partial charge in [-0.15, -0.1) is 0 Å². The molecule has 4 aromatic rings. The molecule has 1 atom stereocenters. The number of halogens is 2. The summed E-state index contributed by atoms with van der Waals surface area (Å²) in [4.78, 5) is 20.4. The van der Waals surface area contributed by atoms with Gasteiger partial charge in [0.05, 0.1) is 35.2 Å². The van der Waals surface area contributed by atoms with Crippen LogP contribution in [0.15, 0.2) is 42.6 Å². The summed E-state index contributed by atoms with van der Waals surface area (Å²) < 4.78 is 36.7. The molecule has 2 aromatic carbocycles. The van der Waals surface area contributed by atoms with Gasteiger partial charge in [-0.2, -0.15) is 0 Å². The number of nitrogens with zero attached hydrogens (tertiary/aromatic N) is 3. The van der Waals surface area contributed by atoms with Crippen molar-refractivity contribution in [2.45, 2.75) is 31.5 Å². The van der Waals surface area contributed by atoms with Crippen LogP contribution in [0.4, 0.5) is 8.78 Å². The number of fused-ring (bicyclic) bond motifs is 3. The van der Waals surface area contributed by atoms with Crippen LogP contribution in [0.2, 0.25) is 0 Å². The quantitative estimate of drug-likeness (QED) is 0.337. The summed E-state index contributed by atoms with van der Waals surface area (Å²) in [5.74, 6) is -0.420. The average molecular weight is 540 g/mol. The molecule has 2 N–H and O–H groups in total. The molecule has 2 aliphatic rings. The molecule has 1 amide bonds. The molecule has 6 rings (SSSR count). The molecule has 0 aliphatic carbocycles. The van der Waals surface area contributed by atoms with Gasteiger partial charge in [-0.25, -0.2) is 13.8 Å². The molecular formula is C28H31F2N5O2S. The van der Waals surface area contributed by atoms with E-state index in [4.69, 9.17) is 4.74 Å². The van der Waals surface area contributed by atoms with Crippen LogP contribution < -0.4 is 10.6 Å². The molecule has 0 bridgehead atoms. The molecule has 4 heterocycles. The van der Waals surface area contributed by atoms with Gasteiger partial charge in [-0.1, -0.05) is 17.4 Å². The van der Waals surface area contributed by atoms with Gasteiger partial charge in [0, 0.05) is 43.5 Å². The van der Waals surface area contributed by atoms with Crippen LogP contribution in [0.5, 0.6) is 0 Å². The van der Waals surface area contributed by atoms with E-state index in [9.17, 15) is 9.18 Å². The van der Waals surface area contributed by atoms with E-state index in [0.717, 1.165) is 53.3 Å². The normalized spacial score (nSPS) is 19.4. The Kier molecular flexibility index (Phi) is 7.38. The summed E-state index contributed by atoms with van der Waals surface area (Å²) in [6.07, 6.45) is 3.23. The van der Waals surface area contributed by atoms with Crippen molar-refractivity contribution in [3.63, 3.8) is 0 Å². The smallest absolute Gasteiger partial charge is 0.251 e. The second-order valence-corrected chi connectivity index (χ2v) is 11.0. The maximum absolute atomic E-state index is 15.1. The molecular weight excluding hydrogens is 508 g/mol. The number of likely N-dealkylation sites (tertiary alicyclic amines) is 1. The summed E-state index contributed by atoms with van der Waals surface area (Å²) in [5, 5.41) is 6.34. The van der Waals surface area contributed by atoms with E-state index in [1.165, 1.54) is 11.3 Å². The van der Waals surface area contributed by atoms with Crippen LogP contribution in [0.3, 0.4) is 0 Å². The van der Waals surface area contributed by atoms with Gasteiger partial charge in [-0.3, -0.25) is 9.20 Å². The minimum Gasteiger partial charge on any atom is -0.378 e. The highest BCUT2D eigenvalue weighted by Crippen LogP contribution is 2.32. The van der Waals surface area contributed by atoms with Crippen LogP contribution in [0, 0.1) is 5.82 Å². The Morgan fingerprint density at radius 1 is 1.21 bits per heavy atom. The SMILES string of the molecule is O=C(NCCCN1CCC(F)CC1)c1ccc2c(c1)sc1nc(-c3ccc(C4COCCN4)cc3F)cn12. The van der Waals surface area contributed by atoms with Crippen molar-refractivity contribution in [2.75, 3.05) is 45.9 Å². The van der Waals surface area contributed by atoms with Crippen molar-refractivity contribution in [1.82, 2.24) is 24.9 Å². The Balaban J connectivity index is 1.11. The molecule has 2 saturated heterocycles. The monoisotopic (exact) mass is 539 g/mol. The van der Waals surface area contributed by atoms with E-state index >= 15 is 4.39 Å². The first-order valence-electron chi connectivity index (χ1n) is 13.2. The summed E-state index contributed by atoms with van der Waals surface area (Å²) in [6, 6.07) is 10.9. The number of imidazole rings is 1. The fourth-order valence-corrected chi connectivity index (χ4v) is 6.29. The number of aromatic nitrogens is 2. The number of amides is 1. The number of piperidine rings is 1. The second-order valence-electron chi connectivity index (χ2n) is 10.0. The number of carbonyl (C=O) groups is 1.